The lowest BCUT2D eigenvalue weighted by Gasteiger charge is -2.35. The van der Waals surface area contributed by atoms with Crippen molar-refractivity contribution < 1.29 is 19.1 Å². The van der Waals surface area contributed by atoms with Gasteiger partial charge < -0.3 is 19.4 Å². The number of ether oxygens (including phenoxy) is 1. The summed E-state index contributed by atoms with van der Waals surface area (Å²) in [6, 6.07) is 3.34. The van der Waals surface area contributed by atoms with Gasteiger partial charge in [0, 0.05) is 57.2 Å². The smallest absolute Gasteiger partial charge is 0.312 e. The molecular formula is C16H20N4O4. The van der Waals surface area contributed by atoms with E-state index in [4.69, 9.17) is 4.74 Å². The number of nitrogens with zero attached hydrogens (tertiary/aromatic N) is 4. The summed E-state index contributed by atoms with van der Waals surface area (Å²) in [4.78, 5) is 45.6. The third-order valence-electron chi connectivity index (χ3n) is 4.26. The van der Waals surface area contributed by atoms with Crippen LogP contribution in [-0.4, -0.2) is 89.9 Å². The van der Waals surface area contributed by atoms with Crippen molar-refractivity contribution in [2.24, 2.45) is 0 Å². The topological polar surface area (TPSA) is 83.1 Å². The van der Waals surface area contributed by atoms with E-state index in [2.05, 4.69) is 4.98 Å². The molecule has 2 fully saturated rings. The molecule has 8 heteroatoms. The molecule has 1 aromatic rings. The molecule has 2 aliphatic rings. The highest BCUT2D eigenvalue weighted by Crippen LogP contribution is 2.09. The average Bonchev–Trinajstić information content (AvgIpc) is 2.68. The number of carbonyl (C=O) groups is 3. The summed E-state index contributed by atoms with van der Waals surface area (Å²) in [6.45, 7) is 3.40. The first-order valence-electron chi connectivity index (χ1n) is 8.02. The highest BCUT2D eigenvalue weighted by atomic mass is 16.5. The lowest BCUT2D eigenvalue weighted by molar-refractivity contribution is -0.154. The Morgan fingerprint density at radius 2 is 1.29 bits per heavy atom. The van der Waals surface area contributed by atoms with Crippen molar-refractivity contribution in [2.45, 2.75) is 0 Å². The van der Waals surface area contributed by atoms with Gasteiger partial charge in [0.15, 0.2) is 0 Å². The van der Waals surface area contributed by atoms with Gasteiger partial charge >= 0.3 is 11.8 Å². The molecule has 3 amide bonds. The molecule has 0 spiro atoms. The zero-order chi connectivity index (χ0) is 16.9. The number of piperazine rings is 1. The summed E-state index contributed by atoms with van der Waals surface area (Å²) in [7, 11) is 0. The van der Waals surface area contributed by atoms with Gasteiger partial charge in [-0.3, -0.25) is 19.4 Å². The first-order valence-corrected chi connectivity index (χ1v) is 8.02. The van der Waals surface area contributed by atoms with E-state index in [-0.39, 0.29) is 5.91 Å². The summed E-state index contributed by atoms with van der Waals surface area (Å²) in [5.74, 6) is -1.05. The van der Waals surface area contributed by atoms with E-state index < -0.39 is 11.8 Å². The second kappa shape index (κ2) is 7.39. The van der Waals surface area contributed by atoms with E-state index >= 15 is 0 Å². The molecule has 0 saturated carbocycles. The van der Waals surface area contributed by atoms with Gasteiger partial charge in [0.05, 0.1) is 13.2 Å². The van der Waals surface area contributed by atoms with Crippen LogP contribution in [0.3, 0.4) is 0 Å². The summed E-state index contributed by atoms with van der Waals surface area (Å²) in [6.07, 6.45) is 3.15. The second-order valence-corrected chi connectivity index (χ2v) is 5.72. The molecule has 0 radical (unpaired) electrons. The monoisotopic (exact) mass is 332 g/mol. The van der Waals surface area contributed by atoms with E-state index in [1.54, 1.807) is 29.4 Å². The van der Waals surface area contributed by atoms with E-state index in [0.29, 0.717) is 58.0 Å². The van der Waals surface area contributed by atoms with Crippen LogP contribution in [0.2, 0.25) is 0 Å². The van der Waals surface area contributed by atoms with Crippen molar-refractivity contribution in [2.75, 3.05) is 52.5 Å². The fourth-order valence-corrected chi connectivity index (χ4v) is 2.83. The standard InChI is InChI=1S/C16H20N4O4/c21-14(13-1-3-17-4-2-13)18-5-7-19(8-6-18)15(22)16(23)20-9-11-24-12-10-20/h1-4H,5-12H2. The van der Waals surface area contributed by atoms with Crippen molar-refractivity contribution in [3.05, 3.63) is 30.1 Å². The maximum atomic E-state index is 12.4. The third-order valence-corrected chi connectivity index (χ3v) is 4.26. The Balaban J connectivity index is 1.53. The van der Waals surface area contributed by atoms with Gasteiger partial charge in [0.25, 0.3) is 5.91 Å². The van der Waals surface area contributed by atoms with E-state index in [1.165, 1.54) is 9.80 Å². The number of carbonyl (C=O) groups excluding carboxylic acids is 3. The molecule has 0 atom stereocenters. The number of aromatic nitrogens is 1. The van der Waals surface area contributed by atoms with Crippen LogP contribution in [-0.2, 0) is 14.3 Å². The Morgan fingerprint density at radius 3 is 1.88 bits per heavy atom. The van der Waals surface area contributed by atoms with Crippen molar-refractivity contribution >= 4 is 17.7 Å². The van der Waals surface area contributed by atoms with Crippen LogP contribution >= 0.6 is 0 Å². The van der Waals surface area contributed by atoms with Crippen LogP contribution in [0.4, 0.5) is 0 Å². The number of hydrogen-bond acceptors (Lipinski definition) is 5. The number of pyridine rings is 1. The zero-order valence-electron chi connectivity index (χ0n) is 13.4. The highest BCUT2D eigenvalue weighted by Gasteiger charge is 2.31. The fourth-order valence-electron chi connectivity index (χ4n) is 2.83. The Kier molecular flexibility index (Phi) is 5.05. The molecule has 0 aliphatic carbocycles. The van der Waals surface area contributed by atoms with Crippen LogP contribution in [0.1, 0.15) is 10.4 Å². The van der Waals surface area contributed by atoms with Gasteiger partial charge in [0.1, 0.15) is 0 Å². The van der Waals surface area contributed by atoms with Gasteiger partial charge in [-0.1, -0.05) is 0 Å². The van der Waals surface area contributed by atoms with Crippen molar-refractivity contribution in [1.82, 2.24) is 19.7 Å². The minimum absolute atomic E-state index is 0.0796. The molecule has 0 N–H and O–H groups in total. The largest absolute Gasteiger partial charge is 0.378 e. The van der Waals surface area contributed by atoms with Gasteiger partial charge in [0.2, 0.25) is 0 Å². The van der Waals surface area contributed by atoms with Gasteiger partial charge in [-0.15, -0.1) is 0 Å². The normalized spacial score (nSPS) is 18.4. The van der Waals surface area contributed by atoms with Crippen molar-refractivity contribution in [3.8, 4) is 0 Å². The molecule has 2 aliphatic heterocycles. The summed E-state index contributed by atoms with van der Waals surface area (Å²) in [5.41, 5.74) is 0.578. The second-order valence-electron chi connectivity index (χ2n) is 5.72. The minimum Gasteiger partial charge on any atom is -0.378 e. The Morgan fingerprint density at radius 1 is 0.792 bits per heavy atom. The summed E-state index contributed by atoms with van der Waals surface area (Å²) < 4.78 is 5.19. The van der Waals surface area contributed by atoms with Crippen molar-refractivity contribution in [1.29, 1.82) is 0 Å². The number of morpholine rings is 1. The van der Waals surface area contributed by atoms with Gasteiger partial charge in [-0.25, -0.2) is 0 Å². The molecule has 2 saturated heterocycles. The van der Waals surface area contributed by atoms with Crippen LogP contribution < -0.4 is 0 Å². The Hall–Kier alpha value is -2.48. The molecule has 3 rings (SSSR count). The molecule has 8 nitrogen and oxygen atoms in total. The van der Waals surface area contributed by atoms with E-state index in [0.717, 1.165) is 0 Å². The van der Waals surface area contributed by atoms with Gasteiger partial charge in [-0.2, -0.15) is 0 Å². The van der Waals surface area contributed by atoms with Crippen LogP contribution in [0, 0.1) is 0 Å². The quantitative estimate of drug-likeness (QED) is 0.631. The van der Waals surface area contributed by atoms with Gasteiger partial charge in [-0.05, 0) is 12.1 Å². The van der Waals surface area contributed by atoms with E-state index in [1.807, 2.05) is 0 Å². The lowest BCUT2D eigenvalue weighted by atomic mass is 10.2. The molecule has 0 bridgehead atoms. The maximum absolute atomic E-state index is 12.4. The molecule has 0 unspecified atom stereocenters. The Labute approximate surface area is 140 Å². The summed E-state index contributed by atoms with van der Waals surface area (Å²) in [5, 5.41) is 0. The minimum atomic E-state index is -0.493. The molecule has 1 aromatic heterocycles. The molecule has 0 aromatic carbocycles. The van der Waals surface area contributed by atoms with Crippen LogP contribution in [0.15, 0.2) is 24.5 Å². The first-order chi connectivity index (χ1) is 11.7. The third kappa shape index (κ3) is 3.53. The first kappa shape index (κ1) is 16.4. The predicted molar refractivity (Wildman–Crippen MR) is 84.1 cm³/mol. The van der Waals surface area contributed by atoms with E-state index in [9.17, 15) is 14.4 Å². The van der Waals surface area contributed by atoms with Crippen LogP contribution in [0.25, 0.3) is 0 Å². The summed E-state index contributed by atoms with van der Waals surface area (Å²) >= 11 is 0. The SMILES string of the molecule is O=C(C(=O)N1CCN(C(=O)c2ccncc2)CC1)N1CCOCC1. The molecule has 3 heterocycles. The fraction of sp³-hybridized carbons (Fsp3) is 0.500. The Bertz CT molecular complexity index is 608. The molecule has 128 valence electrons. The maximum Gasteiger partial charge on any atom is 0.312 e. The lowest BCUT2D eigenvalue weighted by Crippen LogP contribution is -2.55. The highest BCUT2D eigenvalue weighted by molar-refractivity contribution is 6.34. The molecule has 24 heavy (non-hydrogen) atoms. The average molecular weight is 332 g/mol. The predicted octanol–water partition coefficient (Wildman–Crippen LogP) is -0.775. The van der Waals surface area contributed by atoms with Crippen molar-refractivity contribution in [3.63, 3.8) is 0 Å². The zero-order valence-corrected chi connectivity index (χ0v) is 13.4. The molecular weight excluding hydrogens is 312 g/mol. The number of hydrogen-bond donors (Lipinski definition) is 0. The van der Waals surface area contributed by atoms with Crippen LogP contribution in [0.5, 0.6) is 0 Å². The number of rotatable bonds is 1. The number of amides is 3.